The monoisotopic (exact) mass is 247 g/mol. The molecule has 5 heteroatoms. The van der Waals surface area contributed by atoms with Gasteiger partial charge in [0.1, 0.15) is 5.65 Å². The van der Waals surface area contributed by atoms with Crippen molar-refractivity contribution in [3.05, 3.63) is 29.6 Å². The van der Waals surface area contributed by atoms with Gasteiger partial charge in [0.15, 0.2) is 12.6 Å². The van der Waals surface area contributed by atoms with Gasteiger partial charge in [0.25, 0.3) is 0 Å². The standard InChI is InChI=1S/C13H17N3O2/c1-4-14-13(18-3)16-7-9(2)11-5-10(8-17)6-15-12(11)16/h5-8,13-14H,4H2,1-3H3. The van der Waals surface area contributed by atoms with Crippen molar-refractivity contribution in [2.45, 2.75) is 20.2 Å². The van der Waals surface area contributed by atoms with E-state index in [0.717, 1.165) is 29.4 Å². The summed E-state index contributed by atoms with van der Waals surface area (Å²) in [5.74, 6) is 0. The van der Waals surface area contributed by atoms with Crippen LogP contribution in [-0.2, 0) is 4.74 Å². The minimum absolute atomic E-state index is 0.249. The maximum Gasteiger partial charge on any atom is 0.191 e. The van der Waals surface area contributed by atoms with E-state index in [4.69, 9.17) is 4.74 Å². The molecule has 2 aromatic rings. The van der Waals surface area contributed by atoms with Crippen molar-refractivity contribution in [3.8, 4) is 0 Å². The van der Waals surface area contributed by atoms with Crippen molar-refractivity contribution in [2.24, 2.45) is 0 Å². The smallest absolute Gasteiger partial charge is 0.191 e. The molecule has 0 aliphatic carbocycles. The molecule has 0 radical (unpaired) electrons. The van der Waals surface area contributed by atoms with E-state index in [1.165, 1.54) is 0 Å². The Morgan fingerprint density at radius 1 is 1.61 bits per heavy atom. The molecular weight excluding hydrogens is 230 g/mol. The van der Waals surface area contributed by atoms with Gasteiger partial charge in [-0.1, -0.05) is 6.92 Å². The van der Waals surface area contributed by atoms with Crippen LogP contribution in [0.1, 0.15) is 29.2 Å². The van der Waals surface area contributed by atoms with E-state index in [0.29, 0.717) is 5.56 Å². The second kappa shape index (κ2) is 5.29. The van der Waals surface area contributed by atoms with Crippen LogP contribution in [0.25, 0.3) is 11.0 Å². The molecule has 2 aromatic heterocycles. The Bertz CT molecular complexity index is 563. The highest BCUT2D eigenvalue weighted by molar-refractivity contribution is 5.86. The first kappa shape index (κ1) is 12.7. The van der Waals surface area contributed by atoms with Crippen LogP contribution in [0.4, 0.5) is 0 Å². The van der Waals surface area contributed by atoms with Gasteiger partial charge in [-0.15, -0.1) is 0 Å². The summed E-state index contributed by atoms with van der Waals surface area (Å²) in [4.78, 5) is 15.1. The zero-order valence-electron chi connectivity index (χ0n) is 10.8. The van der Waals surface area contributed by atoms with Gasteiger partial charge in [-0.2, -0.15) is 0 Å². The second-order valence-electron chi connectivity index (χ2n) is 4.12. The fourth-order valence-corrected chi connectivity index (χ4v) is 2.02. The molecule has 0 aliphatic heterocycles. The molecule has 0 fully saturated rings. The number of aromatic nitrogens is 2. The SMILES string of the molecule is CCNC(OC)n1cc(C)c2cc(C=O)cnc21. The third-order valence-corrected chi connectivity index (χ3v) is 2.88. The summed E-state index contributed by atoms with van der Waals surface area (Å²) < 4.78 is 7.33. The van der Waals surface area contributed by atoms with Gasteiger partial charge < -0.3 is 4.74 Å². The Kier molecular flexibility index (Phi) is 3.74. The van der Waals surface area contributed by atoms with Gasteiger partial charge in [0, 0.05) is 30.5 Å². The highest BCUT2D eigenvalue weighted by Gasteiger charge is 2.14. The largest absolute Gasteiger partial charge is 0.348 e. The third kappa shape index (κ3) is 2.14. The van der Waals surface area contributed by atoms with E-state index in [9.17, 15) is 4.79 Å². The number of fused-ring (bicyclic) bond motifs is 1. The Labute approximate surface area is 106 Å². The number of carbonyl (C=O) groups is 1. The number of rotatable bonds is 5. The van der Waals surface area contributed by atoms with E-state index < -0.39 is 0 Å². The summed E-state index contributed by atoms with van der Waals surface area (Å²) in [6, 6.07) is 1.85. The van der Waals surface area contributed by atoms with Crippen molar-refractivity contribution in [1.29, 1.82) is 0 Å². The Morgan fingerprint density at radius 2 is 2.39 bits per heavy atom. The number of aldehydes is 1. The quantitative estimate of drug-likeness (QED) is 0.647. The number of hydrogen-bond acceptors (Lipinski definition) is 4. The molecule has 18 heavy (non-hydrogen) atoms. The Morgan fingerprint density at radius 3 is 3.00 bits per heavy atom. The average Bonchev–Trinajstić information content (AvgIpc) is 2.73. The minimum Gasteiger partial charge on any atom is -0.348 e. The molecule has 0 aromatic carbocycles. The second-order valence-corrected chi connectivity index (χ2v) is 4.12. The maximum absolute atomic E-state index is 10.8. The predicted molar refractivity (Wildman–Crippen MR) is 69.6 cm³/mol. The summed E-state index contributed by atoms with van der Waals surface area (Å²) in [7, 11) is 1.65. The minimum atomic E-state index is -0.249. The van der Waals surface area contributed by atoms with Gasteiger partial charge in [-0.05, 0) is 25.1 Å². The lowest BCUT2D eigenvalue weighted by atomic mass is 10.2. The van der Waals surface area contributed by atoms with Gasteiger partial charge in [0.05, 0.1) is 0 Å². The molecule has 0 saturated carbocycles. The van der Waals surface area contributed by atoms with Crippen LogP contribution in [0.2, 0.25) is 0 Å². The first-order chi connectivity index (χ1) is 8.71. The first-order valence-corrected chi connectivity index (χ1v) is 5.89. The fraction of sp³-hybridized carbons (Fsp3) is 0.385. The lowest BCUT2D eigenvalue weighted by Gasteiger charge is -2.18. The van der Waals surface area contributed by atoms with Crippen LogP contribution in [0.3, 0.4) is 0 Å². The van der Waals surface area contributed by atoms with Crippen molar-refractivity contribution in [1.82, 2.24) is 14.9 Å². The van der Waals surface area contributed by atoms with E-state index in [1.807, 2.05) is 30.7 Å². The Balaban J connectivity index is 2.55. The van der Waals surface area contributed by atoms with Gasteiger partial charge in [-0.25, -0.2) is 4.98 Å². The number of aryl methyl sites for hydroxylation is 1. The molecule has 5 nitrogen and oxygen atoms in total. The van der Waals surface area contributed by atoms with E-state index in [1.54, 1.807) is 13.3 Å². The number of nitrogens with zero attached hydrogens (tertiary/aromatic N) is 2. The molecule has 0 amide bonds. The van der Waals surface area contributed by atoms with Crippen LogP contribution in [0, 0.1) is 6.92 Å². The fourth-order valence-electron chi connectivity index (χ4n) is 2.02. The van der Waals surface area contributed by atoms with Crippen LogP contribution in [0.15, 0.2) is 18.5 Å². The summed E-state index contributed by atoms with van der Waals surface area (Å²) in [5.41, 5.74) is 2.47. The predicted octanol–water partition coefficient (Wildman–Crippen LogP) is 1.87. The molecule has 0 saturated heterocycles. The summed E-state index contributed by atoms with van der Waals surface area (Å²) >= 11 is 0. The Hall–Kier alpha value is -1.72. The zero-order valence-corrected chi connectivity index (χ0v) is 10.8. The van der Waals surface area contributed by atoms with E-state index >= 15 is 0 Å². The maximum atomic E-state index is 10.8. The molecule has 0 aliphatic rings. The molecule has 0 spiro atoms. The molecular formula is C13H17N3O2. The van der Waals surface area contributed by atoms with Crippen molar-refractivity contribution in [2.75, 3.05) is 13.7 Å². The number of ether oxygens (including phenoxy) is 1. The van der Waals surface area contributed by atoms with E-state index in [2.05, 4.69) is 10.3 Å². The summed E-state index contributed by atoms with van der Waals surface area (Å²) in [6.45, 7) is 4.81. The summed E-state index contributed by atoms with van der Waals surface area (Å²) in [6.07, 6.45) is 4.11. The number of methoxy groups -OCH3 is 1. The molecule has 1 N–H and O–H groups in total. The molecule has 1 atom stereocenters. The molecule has 2 rings (SSSR count). The number of hydrogen-bond donors (Lipinski definition) is 1. The molecule has 2 heterocycles. The van der Waals surface area contributed by atoms with Gasteiger partial charge >= 0.3 is 0 Å². The van der Waals surface area contributed by atoms with Gasteiger partial charge in [-0.3, -0.25) is 14.7 Å². The normalized spacial score (nSPS) is 12.8. The lowest BCUT2D eigenvalue weighted by molar-refractivity contribution is 0.0197. The number of carbonyl (C=O) groups excluding carboxylic acids is 1. The molecule has 96 valence electrons. The van der Waals surface area contributed by atoms with Crippen molar-refractivity contribution >= 4 is 17.3 Å². The molecule has 0 bridgehead atoms. The zero-order chi connectivity index (χ0) is 13.1. The third-order valence-electron chi connectivity index (χ3n) is 2.88. The van der Waals surface area contributed by atoms with Crippen molar-refractivity contribution < 1.29 is 9.53 Å². The van der Waals surface area contributed by atoms with Crippen LogP contribution >= 0.6 is 0 Å². The lowest BCUT2D eigenvalue weighted by Crippen LogP contribution is -2.27. The van der Waals surface area contributed by atoms with E-state index in [-0.39, 0.29) is 6.35 Å². The highest BCUT2D eigenvalue weighted by atomic mass is 16.5. The number of pyridine rings is 1. The first-order valence-electron chi connectivity index (χ1n) is 5.89. The van der Waals surface area contributed by atoms with Crippen LogP contribution < -0.4 is 5.32 Å². The van der Waals surface area contributed by atoms with Crippen LogP contribution in [-0.4, -0.2) is 29.5 Å². The average molecular weight is 247 g/mol. The highest BCUT2D eigenvalue weighted by Crippen LogP contribution is 2.22. The summed E-state index contributed by atoms with van der Waals surface area (Å²) in [5, 5.41) is 4.19. The van der Waals surface area contributed by atoms with Crippen molar-refractivity contribution in [3.63, 3.8) is 0 Å². The topological polar surface area (TPSA) is 56.1 Å². The van der Waals surface area contributed by atoms with Crippen LogP contribution in [0.5, 0.6) is 0 Å². The number of nitrogens with one attached hydrogen (secondary N) is 1. The van der Waals surface area contributed by atoms with Gasteiger partial charge in [0.2, 0.25) is 0 Å². The molecule has 1 unspecified atom stereocenters.